The molecule has 0 bridgehead atoms. The van der Waals surface area contributed by atoms with E-state index in [4.69, 9.17) is 0 Å². The van der Waals surface area contributed by atoms with E-state index in [0.29, 0.717) is 0 Å². The Hall–Kier alpha value is -4.72. The van der Waals surface area contributed by atoms with Crippen molar-refractivity contribution in [1.82, 2.24) is 9.97 Å². The van der Waals surface area contributed by atoms with E-state index < -0.39 is 120 Å². The third-order valence-corrected chi connectivity index (χ3v) is 3.76. The van der Waals surface area contributed by atoms with Gasteiger partial charge in [-0.1, -0.05) is 0 Å². The molecular weight excluding hydrogens is 1030 g/mol. The normalized spacial score (nSPS) is 13.3. The van der Waals surface area contributed by atoms with Crippen molar-refractivity contribution in [2.24, 2.45) is 0 Å². The molecule has 0 saturated heterocycles. The molecule has 0 aliphatic carbocycles. The average Bonchev–Trinajstić information content (AvgIpc) is 2.99. The van der Waals surface area contributed by atoms with Crippen LogP contribution >= 0.6 is 0 Å². The van der Waals surface area contributed by atoms with Crippen molar-refractivity contribution in [3.8, 4) is 0 Å². The van der Waals surface area contributed by atoms with Gasteiger partial charge in [0.2, 0.25) is 0 Å². The fourth-order valence-corrected chi connectivity index (χ4v) is 1.38. The van der Waals surface area contributed by atoms with Gasteiger partial charge in [-0.2, -0.15) is 105 Å². The van der Waals surface area contributed by atoms with Crippen LogP contribution in [0.1, 0.15) is 0 Å². The number of hydrogen-bond donors (Lipinski definition) is 0. The number of halogens is 24. The fraction of sp³-hybridized carbons (Fsp3) is 0.333. The maximum atomic E-state index is 11.3. The van der Waals surface area contributed by atoms with Gasteiger partial charge in [-0.05, 0) is 47.3 Å². The molecule has 1 aromatic rings. The summed E-state index contributed by atoms with van der Waals surface area (Å²) in [5, 5.41) is 39.3. The van der Waals surface area contributed by atoms with E-state index in [2.05, 4.69) is 9.97 Å². The van der Waals surface area contributed by atoms with Gasteiger partial charge in [-0.3, -0.25) is 29.1 Å². The zero-order valence-electron chi connectivity index (χ0n) is 26.5. The third kappa shape index (κ3) is 34.2. The number of rotatable bonds is 4. The van der Waals surface area contributed by atoms with Crippen LogP contribution in [0.2, 0.25) is 0 Å². The molecule has 0 atom stereocenters. The number of ketones is 4. The first kappa shape index (κ1) is 67.1. The standard InChI is InChI=1S/4C5H2F6O2.C4H4N2.2Cu/c4*6-4(7,8)2(12)1-3(13)5(9,10)11;1-2-6-4-3-5-1;;/h4*1,12H;1-4H;;/q;;;;;2*+2/p-4/b4*2-1-;;;. The van der Waals surface area contributed by atoms with Gasteiger partial charge in [0.05, 0.1) is 0 Å². The molecule has 1 heterocycles. The second-order valence-corrected chi connectivity index (χ2v) is 8.37. The summed E-state index contributed by atoms with van der Waals surface area (Å²) in [6, 6.07) is 0. The summed E-state index contributed by atoms with van der Waals surface area (Å²) in [4.78, 5) is 46.7. The Morgan fingerprint density at radius 3 is 0.483 bits per heavy atom. The van der Waals surface area contributed by atoms with Crippen molar-refractivity contribution in [3.05, 3.63) is 72.1 Å². The van der Waals surface area contributed by atoms with E-state index in [-0.39, 0.29) is 34.1 Å². The Balaban J connectivity index is -0.000000153. The van der Waals surface area contributed by atoms with Crippen LogP contribution in [0.25, 0.3) is 0 Å². The largest absolute Gasteiger partial charge is 2.00 e. The van der Waals surface area contributed by atoms with Crippen LogP contribution in [-0.2, 0) is 53.3 Å². The first-order valence-corrected chi connectivity index (χ1v) is 12.2. The predicted octanol–water partition coefficient (Wildman–Crippen LogP) is 4.17. The number of nitrogens with zero attached hydrogens (tertiary/aromatic N) is 2. The van der Waals surface area contributed by atoms with Crippen LogP contribution in [0.3, 0.4) is 0 Å². The number of hydrogen-bond acceptors (Lipinski definition) is 10. The van der Waals surface area contributed by atoms with Gasteiger partial charge in [0, 0.05) is 24.8 Å². The molecule has 0 aliphatic heterocycles. The van der Waals surface area contributed by atoms with Gasteiger partial charge < -0.3 is 20.4 Å². The molecule has 2 radical (unpaired) electrons. The van der Waals surface area contributed by atoms with E-state index in [0.717, 1.165) is 0 Å². The van der Waals surface area contributed by atoms with E-state index >= 15 is 0 Å². The fourth-order valence-electron chi connectivity index (χ4n) is 1.38. The molecule has 60 heavy (non-hydrogen) atoms. The van der Waals surface area contributed by atoms with Crippen LogP contribution < -0.4 is 20.4 Å². The SMILES string of the molecule is O=C(/C=C(\[O-])C(F)(F)F)C(F)(F)F.O=C(/C=C(\[O-])C(F)(F)F)C(F)(F)F.O=C(/C=C(\[O-])C(F)(F)F)C(F)(F)F.O=C(/C=C(\[O-])C(F)(F)F)C(F)(F)F.[Cu+2].[Cu+2].c1cnccn1. The summed E-state index contributed by atoms with van der Waals surface area (Å²) < 4.78 is 271. The molecule has 10 nitrogen and oxygen atoms in total. The minimum absolute atomic E-state index is 0. The summed E-state index contributed by atoms with van der Waals surface area (Å²) in [6.45, 7) is 0. The molecule has 1 rings (SSSR count). The first-order valence-electron chi connectivity index (χ1n) is 12.2. The van der Waals surface area contributed by atoms with Crippen LogP contribution in [0.5, 0.6) is 0 Å². The van der Waals surface area contributed by atoms with Crippen molar-refractivity contribution in [3.63, 3.8) is 0 Å². The van der Waals surface area contributed by atoms with Gasteiger partial charge in [0.1, 0.15) is 0 Å². The minimum Gasteiger partial charge on any atom is -0.869 e. The molecule has 0 amide bonds. The molecular formula is C24H8Cu2F24N2O8. The van der Waals surface area contributed by atoms with Crippen LogP contribution in [-0.4, -0.2) is 82.5 Å². The van der Waals surface area contributed by atoms with Gasteiger partial charge in [0.25, 0.3) is 23.1 Å². The van der Waals surface area contributed by atoms with Crippen molar-refractivity contribution >= 4 is 23.1 Å². The summed E-state index contributed by atoms with van der Waals surface area (Å²) in [6.07, 6.45) is -41.2. The minimum atomic E-state index is -5.46. The Morgan fingerprint density at radius 1 is 0.300 bits per heavy atom. The predicted molar refractivity (Wildman–Crippen MR) is 123 cm³/mol. The molecule has 0 N–H and O–H groups in total. The molecule has 0 unspecified atom stereocenters. The number of carbonyl (C=O) groups is 4. The molecule has 0 fully saturated rings. The van der Waals surface area contributed by atoms with Gasteiger partial charge in [-0.25, -0.2) is 0 Å². The second-order valence-electron chi connectivity index (χ2n) is 8.37. The topological polar surface area (TPSA) is 186 Å². The van der Waals surface area contributed by atoms with Gasteiger partial charge >= 0.3 is 83.5 Å². The molecule has 0 spiro atoms. The molecule has 0 saturated carbocycles. The van der Waals surface area contributed by atoms with E-state index in [1.807, 2.05) is 0 Å². The number of alkyl halides is 24. The zero-order chi connectivity index (χ0) is 47.7. The maximum Gasteiger partial charge on any atom is 2.00 e. The molecule has 352 valence electrons. The second kappa shape index (κ2) is 25.8. The Bertz CT molecular complexity index is 1380. The van der Waals surface area contributed by atoms with E-state index in [1.165, 1.54) is 0 Å². The molecule has 1 aromatic heterocycles. The van der Waals surface area contributed by atoms with Crippen molar-refractivity contribution in [2.75, 3.05) is 0 Å². The average molecular weight is 1040 g/mol. The zero-order valence-corrected chi connectivity index (χ0v) is 28.3. The Kier molecular flexibility index (Phi) is 28.8. The monoisotopic (exact) mass is 1030 g/mol. The smallest absolute Gasteiger partial charge is 0.869 e. The number of allylic oxidation sites excluding steroid dienone is 8. The van der Waals surface area contributed by atoms with E-state index in [9.17, 15) is 145 Å². The maximum absolute atomic E-state index is 11.3. The Morgan fingerprint density at radius 2 is 0.417 bits per heavy atom. The summed E-state index contributed by atoms with van der Waals surface area (Å²) in [7, 11) is 0. The van der Waals surface area contributed by atoms with Crippen molar-refractivity contribution in [1.29, 1.82) is 0 Å². The van der Waals surface area contributed by atoms with Crippen LogP contribution in [0, 0.1) is 0 Å². The first-order chi connectivity index (χ1) is 25.2. The Labute approximate surface area is 333 Å². The summed E-state index contributed by atoms with van der Waals surface area (Å²) in [5.74, 6) is -22.6. The van der Waals surface area contributed by atoms with Crippen LogP contribution in [0.4, 0.5) is 105 Å². The van der Waals surface area contributed by atoms with E-state index in [1.54, 1.807) is 24.8 Å². The summed E-state index contributed by atoms with van der Waals surface area (Å²) >= 11 is 0. The van der Waals surface area contributed by atoms with Crippen LogP contribution in [0.15, 0.2) is 72.1 Å². The number of carbonyl (C=O) groups excluding carboxylic acids is 4. The van der Waals surface area contributed by atoms with Gasteiger partial charge in [-0.15, -0.1) is 0 Å². The third-order valence-electron chi connectivity index (χ3n) is 3.76. The summed E-state index contributed by atoms with van der Waals surface area (Å²) in [5.41, 5.74) is 0. The number of aromatic nitrogens is 2. The van der Waals surface area contributed by atoms with Crippen molar-refractivity contribution < 1.29 is 179 Å². The quantitative estimate of drug-likeness (QED) is 0.184. The van der Waals surface area contributed by atoms with Crippen molar-refractivity contribution in [2.45, 2.75) is 49.4 Å². The van der Waals surface area contributed by atoms with Gasteiger partial charge in [0.15, 0.2) is 0 Å². The molecule has 0 aromatic carbocycles. The molecule has 36 heteroatoms. The molecule has 0 aliphatic rings.